The number of piperidine rings is 1. The Labute approximate surface area is 172 Å². The van der Waals surface area contributed by atoms with Crippen molar-refractivity contribution in [1.29, 1.82) is 0 Å². The molecule has 5 nitrogen and oxygen atoms in total. The molecule has 0 bridgehead atoms. The van der Waals surface area contributed by atoms with Crippen LogP contribution in [-0.2, 0) is 0 Å². The molecule has 8 heteroatoms. The van der Waals surface area contributed by atoms with Crippen LogP contribution in [0.4, 0.5) is 0 Å². The van der Waals surface area contributed by atoms with Crippen molar-refractivity contribution in [1.82, 2.24) is 19.8 Å². The summed E-state index contributed by atoms with van der Waals surface area (Å²) in [4.78, 5) is 19.8. The van der Waals surface area contributed by atoms with Crippen LogP contribution in [0.1, 0.15) is 47.9 Å². The summed E-state index contributed by atoms with van der Waals surface area (Å²) in [5.74, 6) is 0.166. The van der Waals surface area contributed by atoms with Gasteiger partial charge in [-0.15, -0.1) is 36.2 Å². The van der Waals surface area contributed by atoms with E-state index in [0.717, 1.165) is 61.0 Å². The lowest BCUT2D eigenvalue weighted by Crippen LogP contribution is -2.46. The summed E-state index contributed by atoms with van der Waals surface area (Å²) in [5, 5.41) is 6.28. The van der Waals surface area contributed by atoms with Crippen molar-refractivity contribution >= 4 is 42.1 Å². The van der Waals surface area contributed by atoms with Gasteiger partial charge >= 0.3 is 0 Å². The van der Waals surface area contributed by atoms with Crippen molar-refractivity contribution in [3.63, 3.8) is 0 Å². The number of aromatic nitrogens is 2. The van der Waals surface area contributed by atoms with Gasteiger partial charge in [-0.05, 0) is 52.3 Å². The van der Waals surface area contributed by atoms with Crippen molar-refractivity contribution in [2.75, 3.05) is 19.6 Å². The number of hydrogen-bond acceptors (Lipinski definition) is 4. The molecule has 1 saturated heterocycles. The van der Waals surface area contributed by atoms with Gasteiger partial charge in [-0.3, -0.25) is 9.36 Å². The second kappa shape index (κ2) is 10.3. The smallest absolute Gasteiger partial charge is 0.255 e. The van der Waals surface area contributed by atoms with Crippen LogP contribution in [0.3, 0.4) is 0 Å². The molecule has 0 radical (unpaired) electrons. The van der Waals surface area contributed by atoms with Gasteiger partial charge in [-0.2, -0.15) is 0 Å². The number of rotatable bonds is 5. The minimum absolute atomic E-state index is 0. The standard InChI is InChI=1S/C18H26N4OS.2ClH/c1-4-10-21(15-5-7-19-8-6-15)17(23)16-12-13(2)22(14(16)3)18-20-9-11-24-18;;/h9,11-12,15,19H,4-8,10H2,1-3H3;2*1H. The van der Waals surface area contributed by atoms with Crippen molar-refractivity contribution < 1.29 is 4.79 Å². The minimum Gasteiger partial charge on any atom is -0.336 e. The third-order valence-electron chi connectivity index (χ3n) is 4.75. The number of carbonyl (C=O) groups is 1. The Kier molecular flexibility index (Phi) is 9.10. The highest BCUT2D eigenvalue weighted by Crippen LogP contribution is 2.25. The zero-order valence-electron chi connectivity index (χ0n) is 15.5. The fourth-order valence-corrected chi connectivity index (χ4v) is 4.32. The van der Waals surface area contributed by atoms with E-state index in [1.165, 1.54) is 0 Å². The van der Waals surface area contributed by atoms with Crippen LogP contribution in [-0.4, -0.2) is 46.0 Å². The molecule has 3 rings (SSSR count). The van der Waals surface area contributed by atoms with Gasteiger partial charge in [0.2, 0.25) is 0 Å². The molecule has 2 aromatic rings. The van der Waals surface area contributed by atoms with E-state index in [2.05, 4.69) is 26.7 Å². The molecule has 1 amide bonds. The third kappa shape index (κ3) is 4.60. The molecule has 146 valence electrons. The highest BCUT2D eigenvalue weighted by atomic mass is 35.5. The Morgan fingerprint density at radius 3 is 2.62 bits per heavy atom. The molecule has 0 saturated carbocycles. The first-order chi connectivity index (χ1) is 11.6. The molecule has 0 aromatic carbocycles. The summed E-state index contributed by atoms with van der Waals surface area (Å²) in [6, 6.07) is 2.37. The first kappa shape index (κ1) is 23.0. The van der Waals surface area contributed by atoms with Gasteiger partial charge in [0.25, 0.3) is 5.91 Å². The summed E-state index contributed by atoms with van der Waals surface area (Å²) < 4.78 is 2.09. The number of nitrogens with zero attached hydrogens (tertiary/aromatic N) is 3. The van der Waals surface area contributed by atoms with Crippen LogP contribution in [0.2, 0.25) is 0 Å². The lowest BCUT2D eigenvalue weighted by atomic mass is 10.0. The Morgan fingerprint density at radius 1 is 1.35 bits per heavy atom. The van der Waals surface area contributed by atoms with Crippen LogP contribution >= 0.6 is 36.2 Å². The number of hydrogen-bond donors (Lipinski definition) is 1. The molecule has 0 atom stereocenters. The third-order valence-corrected chi connectivity index (χ3v) is 5.50. The number of aryl methyl sites for hydroxylation is 1. The highest BCUT2D eigenvalue weighted by molar-refractivity contribution is 7.12. The first-order valence-electron chi connectivity index (χ1n) is 8.74. The summed E-state index contributed by atoms with van der Waals surface area (Å²) in [6.07, 6.45) is 4.87. The molecule has 1 N–H and O–H groups in total. The Balaban J connectivity index is 0.00000169. The Hall–Kier alpha value is -1.08. The molecule has 1 aliphatic rings. The quantitative estimate of drug-likeness (QED) is 0.797. The van der Waals surface area contributed by atoms with Gasteiger partial charge in [0, 0.05) is 35.6 Å². The number of amides is 1. The van der Waals surface area contributed by atoms with Gasteiger partial charge in [0.1, 0.15) is 0 Å². The normalized spacial score (nSPS) is 14.4. The monoisotopic (exact) mass is 418 g/mol. The molecule has 26 heavy (non-hydrogen) atoms. The first-order valence-corrected chi connectivity index (χ1v) is 9.62. The van der Waals surface area contributed by atoms with E-state index in [1.54, 1.807) is 17.5 Å². The van der Waals surface area contributed by atoms with Crippen LogP contribution in [0, 0.1) is 13.8 Å². The van der Waals surface area contributed by atoms with Crippen LogP contribution in [0.25, 0.3) is 5.13 Å². The number of thiazole rings is 1. The Morgan fingerprint density at radius 2 is 2.04 bits per heavy atom. The molecule has 0 aliphatic carbocycles. The molecular formula is C18H28Cl2N4OS. The van der Waals surface area contributed by atoms with Gasteiger partial charge in [-0.25, -0.2) is 4.98 Å². The fourth-order valence-electron chi connectivity index (χ4n) is 3.56. The van der Waals surface area contributed by atoms with Crippen molar-refractivity contribution in [3.8, 4) is 5.13 Å². The highest BCUT2D eigenvalue weighted by Gasteiger charge is 2.28. The van der Waals surface area contributed by atoms with Gasteiger partial charge < -0.3 is 10.2 Å². The molecular weight excluding hydrogens is 391 g/mol. The summed E-state index contributed by atoms with van der Waals surface area (Å²) in [6.45, 7) is 9.02. The van der Waals surface area contributed by atoms with E-state index in [9.17, 15) is 4.79 Å². The van der Waals surface area contributed by atoms with Gasteiger partial charge in [0.05, 0.1) is 5.56 Å². The van der Waals surface area contributed by atoms with Crippen molar-refractivity contribution in [2.45, 2.75) is 46.1 Å². The van der Waals surface area contributed by atoms with E-state index in [4.69, 9.17) is 0 Å². The van der Waals surface area contributed by atoms with E-state index in [-0.39, 0.29) is 30.7 Å². The molecule has 1 aliphatic heterocycles. The maximum Gasteiger partial charge on any atom is 0.255 e. The molecule has 1 fully saturated rings. The van der Waals surface area contributed by atoms with Crippen LogP contribution in [0.15, 0.2) is 17.6 Å². The summed E-state index contributed by atoms with van der Waals surface area (Å²) in [5.41, 5.74) is 2.87. The average molecular weight is 419 g/mol. The maximum absolute atomic E-state index is 13.3. The van der Waals surface area contributed by atoms with Crippen LogP contribution < -0.4 is 5.32 Å². The van der Waals surface area contributed by atoms with E-state index in [1.807, 2.05) is 25.3 Å². The van der Waals surface area contributed by atoms with Gasteiger partial charge in [-0.1, -0.05) is 6.92 Å². The van der Waals surface area contributed by atoms with E-state index >= 15 is 0 Å². The minimum atomic E-state index is 0. The summed E-state index contributed by atoms with van der Waals surface area (Å²) >= 11 is 1.59. The largest absolute Gasteiger partial charge is 0.336 e. The molecule has 3 heterocycles. The molecule has 0 unspecified atom stereocenters. The number of halogens is 2. The van der Waals surface area contributed by atoms with Crippen molar-refractivity contribution in [3.05, 3.63) is 34.6 Å². The second-order valence-corrected chi connectivity index (χ2v) is 7.29. The van der Waals surface area contributed by atoms with Gasteiger partial charge in [0.15, 0.2) is 5.13 Å². The average Bonchev–Trinajstić information content (AvgIpc) is 3.20. The fraction of sp³-hybridized carbons (Fsp3) is 0.556. The molecule has 0 spiro atoms. The molecule has 2 aromatic heterocycles. The van der Waals surface area contributed by atoms with E-state index < -0.39 is 0 Å². The number of carbonyl (C=O) groups excluding carboxylic acids is 1. The van der Waals surface area contributed by atoms with Crippen LogP contribution in [0.5, 0.6) is 0 Å². The lowest BCUT2D eigenvalue weighted by Gasteiger charge is -2.34. The van der Waals surface area contributed by atoms with Crippen molar-refractivity contribution in [2.24, 2.45) is 0 Å². The Bertz CT molecular complexity index is 696. The summed E-state index contributed by atoms with van der Waals surface area (Å²) in [7, 11) is 0. The lowest BCUT2D eigenvalue weighted by molar-refractivity contribution is 0.0642. The predicted octanol–water partition coefficient (Wildman–Crippen LogP) is 4.00. The second-order valence-electron chi connectivity index (χ2n) is 6.41. The predicted molar refractivity (Wildman–Crippen MR) is 113 cm³/mol. The zero-order chi connectivity index (χ0) is 17.1. The van der Waals surface area contributed by atoms with E-state index in [0.29, 0.717) is 6.04 Å². The zero-order valence-corrected chi connectivity index (χ0v) is 18.0. The number of nitrogens with one attached hydrogen (secondary N) is 1. The SMILES string of the molecule is CCCN(C(=O)c1cc(C)n(-c2nccs2)c1C)C1CCNCC1.Cl.Cl. The topological polar surface area (TPSA) is 50.2 Å². The maximum atomic E-state index is 13.3.